The number of anilines is 1. The second kappa shape index (κ2) is 8.03. The Balaban J connectivity index is 1.51. The van der Waals surface area contributed by atoms with Crippen molar-refractivity contribution in [2.75, 3.05) is 11.9 Å². The molecule has 0 unspecified atom stereocenters. The minimum atomic E-state index is -0.493. The van der Waals surface area contributed by atoms with E-state index in [0.717, 1.165) is 27.7 Å². The van der Waals surface area contributed by atoms with Crippen LogP contribution < -0.4 is 10.6 Å². The van der Waals surface area contributed by atoms with E-state index in [1.165, 1.54) is 12.1 Å². The third kappa shape index (κ3) is 4.53. The molecule has 2 amide bonds. The average molecular weight is 368 g/mol. The van der Waals surface area contributed by atoms with Crippen LogP contribution in [0.5, 0.6) is 0 Å². The van der Waals surface area contributed by atoms with Gasteiger partial charge in [-0.3, -0.25) is 9.59 Å². The van der Waals surface area contributed by atoms with Gasteiger partial charge in [0, 0.05) is 23.9 Å². The molecule has 0 spiro atoms. The van der Waals surface area contributed by atoms with Crippen molar-refractivity contribution in [1.82, 2.24) is 5.32 Å². The Kier molecular flexibility index (Phi) is 5.54. The molecule has 2 N–H and O–H groups in total. The fourth-order valence-electron chi connectivity index (χ4n) is 2.80. The Morgan fingerprint density at radius 2 is 1.81 bits per heavy atom. The topological polar surface area (TPSA) is 71.3 Å². The van der Waals surface area contributed by atoms with Crippen molar-refractivity contribution in [2.24, 2.45) is 0 Å². The standard InChI is InChI=1S/C21H21FN2O3/c1-13-9-16-15(12-27-19(16)10-14(13)2)11-21(26)23-8-7-20(25)24-18-6-4-3-5-17(18)22/h3-6,9-10,12H,7-8,11H2,1-2H3,(H,23,26)(H,24,25). The minimum Gasteiger partial charge on any atom is -0.464 e. The number of rotatable bonds is 6. The lowest BCUT2D eigenvalue weighted by atomic mass is 10.0. The minimum absolute atomic E-state index is 0.0600. The third-order valence-corrected chi connectivity index (χ3v) is 4.44. The predicted molar refractivity (Wildman–Crippen MR) is 102 cm³/mol. The van der Waals surface area contributed by atoms with E-state index in [0.29, 0.717) is 0 Å². The molecule has 27 heavy (non-hydrogen) atoms. The van der Waals surface area contributed by atoms with Gasteiger partial charge in [-0.15, -0.1) is 0 Å². The Morgan fingerprint density at radius 1 is 1.07 bits per heavy atom. The number of benzene rings is 2. The lowest BCUT2D eigenvalue weighted by molar-refractivity contribution is -0.120. The molecule has 6 heteroatoms. The summed E-state index contributed by atoms with van der Waals surface area (Å²) in [5.41, 5.74) is 3.96. The first-order valence-corrected chi connectivity index (χ1v) is 8.72. The summed E-state index contributed by atoms with van der Waals surface area (Å²) in [6.07, 6.45) is 1.82. The van der Waals surface area contributed by atoms with Crippen molar-refractivity contribution in [1.29, 1.82) is 0 Å². The quantitative estimate of drug-likeness (QED) is 0.694. The summed E-state index contributed by atoms with van der Waals surface area (Å²) in [7, 11) is 0. The van der Waals surface area contributed by atoms with E-state index in [1.807, 2.05) is 26.0 Å². The lowest BCUT2D eigenvalue weighted by Gasteiger charge is -2.07. The van der Waals surface area contributed by atoms with E-state index in [9.17, 15) is 14.0 Å². The number of furan rings is 1. The van der Waals surface area contributed by atoms with Crippen LogP contribution in [0, 0.1) is 19.7 Å². The Bertz CT molecular complexity index is 994. The molecule has 0 atom stereocenters. The van der Waals surface area contributed by atoms with Crippen molar-refractivity contribution in [3.63, 3.8) is 0 Å². The molecule has 3 aromatic rings. The van der Waals surface area contributed by atoms with Gasteiger partial charge in [0.1, 0.15) is 11.4 Å². The molecule has 0 radical (unpaired) electrons. The van der Waals surface area contributed by atoms with Gasteiger partial charge in [-0.1, -0.05) is 12.1 Å². The predicted octanol–water partition coefficient (Wildman–Crippen LogP) is 3.88. The zero-order chi connectivity index (χ0) is 19.4. The summed E-state index contributed by atoms with van der Waals surface area (Å²) < 4.78 is 19.0. The largest absolute Gasteiger partial charge is 0.464 e. The maximum Gasteiger partial charge on any atom is 0.226 e. The first-order valence-electron chi connectivity index (χ1n) is 8.72. The van der Waals surface area contributed by atoms with Gasteiger partial charge >= 0.3 is 0 Å². The first-order chi connectivity index (χ1) is 12.9. The molecule has 0 aliphatic heterocycles. The first kappa shape index (κ1) is 18.6. The molecule has 0 saturated heterocycles. The van der Waals surface area contributed by atoms with Crippen molar-refractivity contribution in [3.05, 3.63) is 65.2 Å². The molecule has 0 bridgehead atoms. The molecule has 140 valence electrons. The van der Waals surface area contributed by atoms with E-state index in [1.54, 1.807) is 18.4 Å². The van der Waals surface area contributed by atoms with E-state index in [-0.39, 0.29) is 36.9 Å². The summed E-state index contributed by atoms with van der Waals surface area (Å²) in [6, 6.07) is 9.92. The molecule has 3 rings (SSSR count). The number of amides is 2. The number of carbonyl (C=O) groups excluding carboxylic acids is 2. The Hall–Kier alpha value is -3.15. The maximum atomic E-state index is 13.5. The van der Waals surface area contributed by atoms with Crippen LogP contribution in [-0.2, 0) is 16.0 Å². The number of nitrogens with one attached hydrogen (secondary N) is 2. The summed E-state index contributed by atoms with van der Waals surface area (Å²) >= 11 is 0. The number of aryl methyl sites for hydroxylation is 2. The van der Waals surface area contributed by atoms with Crippen LogP contribution in [0.25, 0.3) is 11.0 Å². The molecule has 0 saturated carbocycles. The highest BCUT2D eigenvalue weighted by Crippen LogP contribution is 2.25. The molecular weight excluding hydrogens is 347 g/mol. The third-order valence-electron chi connectivity index (χ3n) is 4.44. The van der Waals surface area contributed by atoms with Gasteiger partial charge in [0.15, 0.2) is 0 Å². The van der Waals surface area contributed by atoms with E-state index in [4.69, 9.17) is 4.42 Å². The van der Waals surface area contributed by atoms with Gasteiger partial charge in [0.25, 0.3) is 0 Å². The van der Waals surface area contributed by atoms with Gasteiger partial charge in [-0.2, -0.15) is 0 Å². The van der Waals surface area contributed by atoms with Crippen molar-refractivity contribution in [2.45, 2.75) is 26.7 Å². The maximum absolute atomic E-state index is 13.5. The van der Waals surface area contributed by atoms with Crippen molar-refractivity contribution in [3.8, 4) is 0 Å². The molecule has 1 aromatic heterocycles. The summed E-state index contributed by atoms with van der Waals surface area (Å²) in [5, 5.41) is 6.11. The van der Waals surface area contributed by atoms with E-state index >= 15 is 0 Å². The van der Waals surface area contributed by atoms with Gasteiger partial charge < -0.3 is 15.1 Å². The number of hydrogen-bond acceptors (Lipinski definition) is 3. The van der Waals surface area contributed by atoms with Crippen LogP contribution in [0.15, 0.2) is 47.1 Å². The SMILES string of the molecule is Cc1cc2occ(CC(=O)NCCC(=O)Nc3ccccc3F)c2cc1C. The van der Waals surface area contributed by atoms with Gasteiger partial charge in [0.05, 0.1) is 18.4 Å². The number of hydrogen-bond donors (Lipinski definition) is 2. The zero-order valence-corrected chi connectivity index (χ0v) is 15.3. The van der Waals surface area contributed by atoms with Gasteiger partial charge in [0.2, 0.25) is 11.8 Å². The van der Waals surface area contributed by atoms with Crippen molar-refractivity contribution >= 4 is 28.5 Å². The van der Waals surface area contributed by atoms with Crippen LogP contribution >= 0.6 is 0 Å². The molecule has 1 heterocycles. The normalized spacial score (nSPS) is 10.8. The molecule has 2 aromatic carbocycles. The van der Waals surface area contributed by atoms with Gasteiger partial charge in [-0.25, -0.2) is 4.39 Å². The smallest absolute Gasteiger partial charge is 0.226 e. The highest BCUT2D eigenvalue weighted by Gasteiger charge is 2.12. The van der Waals surface area contributed by atoms with Crippen molar-refractivity contribution < 1.29 is 18.4 Å². The monoisotopic (exact) mass is 368 g/mol. The molecule has 0 fully saturated rings. The number of para-hydroxylation sites is 1. The van der Waals surface area contributed by atoms with Crippen LogP contribution in [0.4, 0.5) is 10.1 Å². The van der Waals surface area contributed by atoms with Crippen LogP contribution in [0.3, 0.4) is 0 Å². The number of carbonyl (C=O) groups is 2. The highest BCUT2D eigenvalue weighted by molar-refractivity contribution is 5.92. The summed E-state index contributed by atoms with van der Waals surface area (Å²) in [5.74, 6) is -1.05. The van der Waals surface area contributed by atoms with Crippen LogP contribution in [-0.4, -0.2) is 18.4 Å². The molecule has 0 aliphatic carbocycles. The number of halogens is 1. The van der Waals surface area contributed by atoms with Gasteiger partial charge in [-0.05, 0) is 49.2 Å². The number of fused-ring (bicyclic) bond motifs is 1. The van der Waals surface area contributed by atoms with E-state index in [2.05, 4.69) is 10.6 Å². The Morgan fingerprint density at radius 3 is 2.59 bits per heavy atom. The van der Waals surface area contributed by atoms with E-state index < -0.39 is 5.82 Å². The molecular formula is C21H21FN2O3. The second-order valence-corrected chi connectivity index (χ2v) is 6.50. The zero-order valence-electron chi connectivity index (χ0n) is 15.3. The molecule has 5 nitrogen and oxygen atoms in total. The summed E-state index contributed by atoms with van der Waals surface area (Å²) in [4.78, 5) is 24.0. The highest BCUT2D eigenvalue weighted by atomic mass is 19.1. The average Bonchev–Trinajstić information content (AvgIpc) is 2.99. The fraction of sp³-hybridized carbons (Fsp3) is 0.238. The second-order valence-electron chi connectivity index (χ2n) is 6.50. The van der Waals surface area contributed by atoms with Crippen LogP contribution in [0.1, 0.15) is 23.1 Å². The van der Waals surface area contributed by atoms with Crippen LogP contribution in [0.2, 0.25) is 0 Å². The Labute approximate surface area is 156 Å². The molecule has 0 aliphatic rings. The lowest BCUT2D eigenvalue weighted by Crippen LogP contribution is -2.28. The summed E-state index contributed by atoms with van der Waals surface area (Å²) in [6.45, 7) is 4.20. The fourth-order valence-corrected chi connectivity index (χ4v) is 2.80.